The van der Waals surface area contributed by atoms with E-state index in [1.807, 2.05) is 0 Å². The molecule has 2 amide bonds. The number of nitrogens with zero attached hydrogens (tertiary/aromatic N) is 2. The smallest absolute Gasteiger partial charge is 0.282 e. The number of hydrogen-bond donors (Lipinski definition) is 1. The summed E-state index contributed by atoms with van der Waals surface area (Å²) >= 11 is 1.21. The summed E-state index contributed by atoms with van der Waals surface area (Å²) in [6, 6.07) is 6.14. The van der Waals surface area contributed by atoms with E-state index in [2.05, 4.69) is 5.32 Å². The van der Waals surface area contributed by atoms with Crippen LogP contribution in [0.4, 0.5) is 10.5 Å². The molecule has 1 aromatic rings. The summed E-state index contributed by atoms with van der Waals surface area (Å²) in [6.07, 6.45) is 1.78. The Morgan fingerprint density at radius 2 is 1.79 bits per heavy atom. The molecule has 2 aliphatic heterocycles. The molecule has 24 heavy (non-hydrogen) atoms. The van der Waals surface area contributed by atoms with Crippen molar-refractivity contribution < 1.29 is 18.0 Å². The lowest BCUT2D eigenvalue weighted by Crippen LogP contribution is -2.33. The van der Waals surface area contributed by atoms with Crippen LogP contribution in [0.5, 0.6) is 0 Å². The molecule has 9 heteroatoms. The van der Waals surface area contributed by atoms with Crippen molar-refractivity contribution in [1.29, 1.82) is 0 Å². The maximum absolute atomic E-state index is 12.4. The minimum atomic E-state index is -3.44. The fourth-order valence-electron chi connectivity index (χ4n) is 2.73. The van der Waals surface area contributed by atoms with Crippen molar-refractivity contribution in [2.75, 3.05) is 37.2 Å². The highest BCUT2D eigenvalue weighted by atomic mass is 32.2. The zero-order valence-corrected chi connectivity index (χ0v) is 14.7. The van der Waals surface area contributed by atoms with E-state index >= 15 is 0 Å². The number of anilines is 1. The fraction of sp³-hybridized carbons (Fsp3) is 0.467. The number of sulfonamides is 1. The largest absolute Gasteiger partial charge is 0.325 e. The first-order chi connectivity index (χ1) is 11.5. The first kappa shape index (κ1) is 17.2. The number of rotatable bonds is 5. The van der Waals surface area contributed by atoms with Crippen molar-refractivity contribution in [1.82, 2.24) is 9.21 Å². The minimum Gasteiger partial charge on any atom is -0.325 e. The van der Waals surface area contributed by atoms with Crippen LogP contribution in [-0.2, 0) is 14.8 Å². The lowest BCUT2D eigenvalue weighted by Gasteiger charge is -2.16. The third-order valence-electron chi connectivity index (χ3n) is 4.02. The van der Waals surface area contributed by atoms with Gasteiger partial charge < -0.3 is 10.2 Å². The Bertz CT molecular complexity index is 728. The maximum Gasteiger partial charge on any atom is 0.282 e. The van der Waals surface area contributed by atoms with Crippen molar-refractivity contribution in [3.63, 3.8) is 0 Å². The highest BCUT2D eigenvalue weighted by molar-refractivity contribution is 8.13. The van der Waals surface area contributed by atoms with Crippen molar-refractivity contribution in [2.24, 2.45) is 0 Å². The third-order valence-corrected chi connectivity index (χ3v) is 6.83. The van der Waals surface area contributed by atoms with Crippen molar-refractivity contribution in [3.8, 4) is 0 Å². The molecule has 7 nitrogen and oxygen atoms in total. The molecule has 0 aliphatic carbocycles. The van der Waals surface area contributed by atoms with Crippen LogP contribution < -0.4 is 5.32 Å². The molecule has 0 spiro atoms. The van der Waals surface area contributed by atoms with Crippen LogP contribution in [0.1, 0.15) is 12.8 Å². The van der Waals surface area contributed by atoms with Gasteiger partial charge in [-0.2, -0.15) is 4.31 Å². The molecule has 0 bridgehead atoms. The average molecular weight is 369 g/mol. The first-order valence-electron chi connectivity index (χ1n) is 7.78. The molecule has 3 rings (SSSR count). The summed E-state index contributed by atoms with van der Waals surface area (Å²) in [5.41, 5.74) is 0.514. The van der Waals surface area contributed by atoms with Crippen molar-refractivity contribution in [2.45, 2.75) is 17.7 Å². The lowest BCUT2D eigenvalue weighted by molar-refractivity contribution is -0.116. The topological polar surface area (TPSA) is 86.8 Å². The van der Waals surface area contributed by atoms with Gasteiger partial charge in [0, 0.05) is 31.1 Å². The number of carbonyl (C=O) groups is 2. The summed E-state index contributed by atoms with van der Waals surface area (Å²) in [5.74, 6) is 0.413. The van der Waals surface area contributed by atoms with Crippen molar-refractivity contribution in [3.05, 3.63) is 24.3 Å². The monoisotopic (exact) mass is 369 g/mol. The molecule has 2 aliphatic rings. The average Bonchev–Trinajstić information content (AvgIpc) is 3.21. The van der Waals surface area contributed by atoms with Gasteiger partial charge in [0.1, 0.15) is 6.54 Å². The molecular weight excluding hydrogens is 350 g/mol. The van der Waals surface area contributed by atoms with E-state index in [1.165, 1.54) is 33.1 Å². The standard InChI is InChI=1S/C15H19N3O4S2/c19-14(11-17-9-10-23-15(17)20)16-12-3-5-13(6-4-12)24(21,22)18-7-1-2-8-18/h3-6H,1-2,7-11H2,(H,16,19). The zero-order valence-electron chi connectivity index (χ0n) is 13.1. The molecule has 2 fully saturated rings. The number of nitrogens with one attached hydrogen (secondary N) is 1. The van der Waals surface area contributed by atoms with Gasteiger partial charge in [-0.25, -0.2) is 8.42 Å². The highest BCUT2D eigenvalue weighted by Crippen LogP contribution is 2.22. The van der Waals surface area contributed by atoms with Gasteiger partial charge in [0.05, 0.1) is 4.90 Å². The van der Waals surface area contributed by atoms with E-state index in [-0.39, 0.29) is 22.6 Å². The SMILES string of the molecule is O=C(CN1CCSC1=O)Nc1ccc(S(=O)(=O)N2CCCC2)cc1. The Kier molecular flexibility index (Phi) is 5.12. The molecule has 0 unspecified atom stereocenters. The minimum absolute atomic E-state index is 0.0136. The predicted molar refractivity (Wildman–Crippen MR) is 92.5 cm³/mol. The second-order valence-corrected chi connectivity index (χ2v) is 8.70. The van der Waals surface area contributed by atoms with Crippen LogP contribution in [0.3, 0.4) is 0 Å². The summed E-state index contributed by atoms with van der Waals surface area (Å²) in [4.78, 5) is 25.2. The molecule has 130 valence electrons. The maximum atomic E-state index is 12.4. The van der Waals surface area contributed by atoms with Gasteiger partial charge in [0.25, 0.3) is 5.24 Å². The molecular formula is C15H19N3O4S2. The Hall–Kier alpha value is -1.58. The number of carbonyl (C=O) groups excluding carboxylic acids is 2. The summed E-state index contributed by atoms with van der Waals surface area (Å²) < 4.78 is 26.3. The van der Waals surface area contributed by atoms with E-state index in [0.29, 0.717) is 31.1 Å². The first-order valence-corrected chi connectivity index (χ1v) is 10.2. The second kappa shape index (κ2) is 7.12. The summed E-state index contributed by atoms with van der Waals surface area (Å²) in [5, 5.41) is 2.60. The van der Waals surface area contributed by atoms with Gasteiger partial charge in [-0.1, -0.05) is 11.8 Å². The molecule has 2 saturated heterocycles. The predicted octanol–water partition coefficient (Wildman–Crippen LogP) is 1.58. The van der Waals surface area contributed by atoms with Gasteiger partial charge >= 0.3 is 0 Å². The Morgan fingerprint density at radius 3 is 2.38 bits per heavy atom. The fourth-order valence-corrected chi connectivity index (χ4v) is 5.07. The number of benzene rings is 1. The van der Waals surface area contributed by atoms with Crippen LogP contribution in [0.2, 0.25) is 0 Å². The lowest BCUT2D eigenvalue weighted by atomic mass is 10.3. The van der Waals surface area contributed by atoms with E-state index in [4.69, 9.17) is 0 Å². The van der Waals surface area contributed by atoms with E-state index in [0.717, 1.165) is 12.8 Å². The highest BCUT2D eigenvalue weighted by Gasteiger charge is 2.27. The molecule has 2 heterocycles. The van der Waals surface area contributed by atoms with Crippen LogP contribution in [-0.4, -0.2) is 60.7 Å². The molecule has 1 aromatic carbocycles. The zero-order chi connectivity index (χ0) is 17.2. The van der Waals surface area contributed by atoms with Crippen LogP contribution in [0.15, 0.2) is 29.2 Å². The molecule has 0 aromatic heterocycles. The van der Waals surface area contributed by atoms with Crippen LogP contribution in [0.25, 0.3) is 0 Å². The molecule has 0 radical (unpaired) electrons. The quantitative estimate of drug-likeness (QED) is 0.851. The van der Waals surface area contributed by atoms with E-state index < -0.39 is 10.0 Å². The Morgan fingerprint density at radius 1 is 1.12 bits per heavy atom. The second-order valence-electron chi connectivity index (χ2n) is 5.72. The number of hydrogen-bond acceptors (Lipinski definition) is 5. The van der Waals surface area contributed by atoms with E-state index in [9.17, 15) is 18.0 Å². The van der Waals surface area contributed by atoms with Gasteiger partial charge in [-0.15, -0.1) is 0 Å². The Labute approximate surface area is 145 Å². The van der Waals surface area contributed by atoms with Crippen molar-refractivity contribution >= 4 is 38.6 Å². The molecule has 0 atom stereocenters. The number of amides is 2. The van der Waals surface area contributed by atoms with Gasteiger partial charge in [-0.3, -0.25) is 9.59 Å². The van der Waals surface area contributed by atoms with Gasteiger partial charge in [-0.05, 0) is 37.1 Å². The third kappa shape index (κ3) is 3.73. The summed E-state index contributed by atoms with van der Waals surface area (Å²) in [6.45, 7) is 1.70. The molecule has 0 saturated carbocycles. The Balaban J connectivity index is 1.62. The summed E-state index contributed by atoms with van der Waals surface area (Å²) in [7, 11) is -3.44. The van der Waals surface area contributed by atoms with Gasteiger partial charge in [0.15, 0.2) is 0 Å². The van der Waals surface area contributed by atoms with Gasteiger partial charge in [0.2, 0.25) is 15.9 Å². The van der Waals surface area contributed by atoms with Crippen LogP contribution in [0, 0.1) is 0 Å². The normalized spacial score (nSPS) is 19.0. The molecule has 1 N–H and O–H groups in total. The van der Waals surface area contributed by atoms with E-state index in [1.54, 1.807) is 12.1 Å². The number of thioether (sulfide) groups is 1. The van der Waals surface area contributed by atoms with Crippen LogP contribution >= 0.6 is 11.8 Å².